The Labute approximate surface area is 208 Å². The molecule has 1 aliphatic rings. The van der Waals surface area contributed by atoms with E-state index in [1.54, 1.807) is 13.8 Å². The van der Waals surface area contributed by atoms with E-state index in [2.05, 4.69) is 32.2 Å². The number of carbonyl (C=O) groups is 4. The van der Waals surface area contributed by atoms with Crippen molar-refractivity contribution in [1.29, 1.82) is 0 Å². The molecule has 0 unspecified atom stereocenters. The summed E-state index contributed by atoms with van der Waals surface area (Å²) in [7, 11) is 0. The monoisotopic (exact) mass is 508 g/mol. The van der Waals surface area contributed by atoms with Crippen molar-refractivity contribution < 1.29 is 19.2 Å². The van der Waals surface area contributed by atoms with Gasteiger partial charge in [-0.25, -0.2) is 0 Å². The maximum atomic E-state index is 11.9. The molecule has 180 valence electrons. The molecule has 1 heterocycles. The molecule has 1 saturated heterocycles. The molecule has 1 rings (SSSR count). The minimum Gasteiger partial charge on any atom is -0.300 e. The first kappa shape index (κ1) is 31.1. The lowest BCUT2D eigenvalue weighted by atomic mass is 9.94. The Bertz CT molecular complexity index is 564. The molecule has 0 saturated carbocycles. The maximum Gasteiger partial charge on any atom is 0.136 e. The van der Waals surface area contributed by atoms with Crippen LogP contribution in [-0.2, 0) is 19.2 Å². The number of ketones is 4. The summed E-state index contributed by atoms with van der Waals surface area (Å²) in [6.07, 6.45) is 4.20. The van der Waals surface area contributed by atoms with Gasteiger partial charge in [-0.15, -0.1) is 0 Å². The zero-order valence-electron chi connectivity index (χ0n) is 19.4. The highest BCUT2D eigenvalue weighted by molar-refractivity contribution is 8.16. The number of thiol groups is 2. The summed E-state index contributed by atoms with van der Waals surface area (Å²) in [5.74, 6) is 4.15. The summed E-state index contributed by atoms with van der Waals surface area (Å²) in [5.41, 5.74) is 0. The predicted octanol–water partition coefficient (Wildman–Crippen LogP) is 5.43. The minimum absolute atomic E-state index is 0.0425. The van der Waals surface area contributed by atoms with Crippen molar-refractivity contribution in [1.82, 2.24) is 0 Å². The summed E-state index contributed by atoms with van der Waals surface area (Å²) < 4.78 is 0. The first-order chi connectivity index (χ1) is 14.7. The Morgan fingerprint density at radius 3 is 2.13 bits per heavy atom. The SMILES string of the molecule is CC[C@@H](CS)C(=O)CC[C@@H](CS)C(C)=O.CC[C@H]1CSCSC[C@@H](C(C)=O)CCC1=O. The van der Waals surface area contributed by atoms with Gasteiger partial charge in [-0.1, -0.05) is 13.8 Å². The van der Waals surface area contributed by atoms with Crippen LogP contribution in [0.15, 0.2) is 0 Å². The number of Topliss-reactive ketones (excluding diaryl/α,β-unsaturated/α-hetero) is 4. The van der Waals surface area contributed by atoms with Crippen LogP contribution >= 0.6 is 48.8 Å². The van der Waals surface area contributed by atoms with Crippen molar-refractivity contribution in [2.45, 2.75) is 66.2 Å². The molecule has 0 aromatic rings. The van der Waals surface area contributed by atoms with E-state index in [1.807, 2.05) is 30.4 Å². The summed E-state index contributed by atoms with van der Waals surface area (Å²) in [5, 5.41) is 1.01. The number of carbonyl (C=O) groups excluding carboxylic acids is 4. The second-order valence-corrected chi connectivity index (χ2v) is 11.2. The van der Waals surface area contributed by atoms with Gasteiger partial charge in [0.2, 0.25) is 0 Å². The molecule has 1 aliphatic heterocycles. The maximum absolute atomic E-state index is 11.9. The van der Waals surface area contributed by atoms with Gasteiger partial charge in [0.15, 0.2) is 0 Å². The molecule has 31 heavy (non-hydrogen) atoms. The highest BCUT2D eigenvalue weighted by Gasteiger charge is 2.22. The molecular formula is C23H40O4S4. The minimum atomic E-state index is -0.0743. The first-order valence-corrected chi connectivity index (χ1v) is 14.7. The van der Waals surface area contributed by atoms with E-state index in [-0.39, 0.29) is 41.0 Å². The molecule has 0 amide bonds. The van der Waals surface area contributed by atoms with Crippen molar-refractivity contribution in [3.8, 4) is 0 Å². The van der Waals surface area contributed by atoms with E-state index in [0.29, 0.717) is 36.6 Å². The van der Waals surface area contributed by atoms with Crippen LogP contribution in [0, 0.1) is 23.7 Å². The summed E-state index contributed by atoms with van der Waals surface area (Å²) in [6.45, 7) is 7.26. The third-order valence-electron chi connectivity index (χ3n) is 5.77. The van der Waals surface area contributed by atoms with E-state index >= 15 is 0 Å². The van der Waals surface area contributed by atoms with Gasteiger partial charge >= 0.3 is 0 Å². The Morgan fingerprint density at radius 2 is 1.65 bits per heavy atom. The topological polar surface area (TPSA) is 68.3 Å². The van der Waals surface area contributed by atoms with Gasteiger partial charge in [-0.2, -0.15) is 48.8 Å². The molecule has 0 N–H and O–H groups in total. The van der Waals surface area contributed by atoms with Gasteiger partial charge in [-0.05, 0) is 51.0 Å². The van der Waals surface area contributed by atoms with Crippen LogP contribution < -0.4 is 0 Å². The molecule has 0 spiro atoms. The van der Waals surface area contributed by atoms with Gasteiger partial charge in [0.1, 0.15) is 23.1 Å². The summed E-state index contributed by atoms with van der Waals surface area (Å²) >= 11 is 11.9. The average molecular weight is 509 g/mol. The van der Waals surface area contributed by atoms with Crippen LogP contribution in [0.1, 0.15) is 66.2 Å². The van der Waals surface area contributed by atoms with Gasteiger partial charge < -0.3 is 0 Å². The first-order valence-electron chi connectivity index (χ1n) is 11.1. The number of thioether (sulfide) groups is 2. The van der Waals surface area contributed by atoms with Gasteiger partial charge in [-0.3, -0.25) is 19.2 Å². The predicted molar refractivity (Wildman–Crippen MR) is 142 cm³/mol. The Balaban J connectivity index is 0.000000582. The molecule has 0 aromatic carbocycles. The van der Waals surface area contributed by atoms with Crippen LogP contribution in [0.4, 0.5) is 0 Å². The normalized spacial score (nSPS) is 21.9. The molecule has 0 aromatic heterocycles. The van der Waals surface area contributed by atoms with Crippen LogP contribution in [0.3, 0.4) is 0 Å². The van der Waals surface area contributed by atoms with Crippen molar-refractivity contribution in [3.05, 3.63) is 0 Å². The van der Waals surface area contributed by atoms with Crippen LogP contribution in [0.2, 0.25) is 0 Å². The third kappa shape index (κ3) is 13.4. The van der Waals surface area contributed by atoms with E-state index in [1.165, 1.54) is 0 Å². The molecule has 4 nitrogen and oxygen atoms in total. The quantitative estimate of drug-likeness (QED) is 0.384. The fourth-order valence-corrected chi connectivity index (χ4v) is 6.74. The zero-order valence-corrected chi connectivity index (χ0v) is 22.9. The highest BCUT2D eigenvalue weighted by Crippen LogP contribution is 2.26. The molecule has 0 bridgehead atoms. The molecule has 4 atom stereocenters. The average Bonchev–Trinajstić information content (AvgIpc) is 2.74. The van der Waals surface area contributed by atoms with E-state index in [0.717, 1.165) is 35.9 Å². The largest absolute Gasteiger partial charge is 0.300 e. The molecule has 0 aliphatic carbocycles. The van der Waals surface area contributed by atoms with Crippen molar-refractivity contribution in [2.24, 2.45) is 23.7 Å². The Kier molecular flexibility index (Phi) is 18.5. The van der Waals surface area contributed by atoms with E-state index < -0.39 is 0 Å². The van der Waals surface area contributed by atoms with Gasteiger partial charge in [0.05, 0.1) is 0 Å². The standard InChI is InChI=1S/C12H20O2S2.C11H20O2S2/c1-3-10-6-15-8-16-7-11(9(2)13)4-5-12(10)14;1-3-9(6-14)11(13)5-4-10(7-15)8(2)12/h10-11H,3-8H2,1-2H3;9-10,14-15H,3-7H2,1-2H3/t10-,11-;9-,10-/m00/s1. The number of rotatable bonds is 10. The zero-order chi connectivity index (χ0) is 23.8. The van der Waals surface area contributed by atoms with E-state index in [4.69, 9.17) is 0 Å². The van der Waals surface area contributed by atoms with Crippen molar-refractivity contribution >= 4 is 71.9 Å². The molecule has 1 fully saturated rings. The smallest absolute Gasteiger partial charge is 0.136 e. The number of hydrogen-bond acceptors (Lipinski definition) is 8. The Morgan fingerprint density at radius 1 is 1.03 bits per heavy atom. The third-order valence-corrected chi connectivity index (χ3v) is 9.26. The fraction of sp³-hybridized carbons (Fsp3) is 0.826. The van der Waals surface area contributed by atoms with Crippen LogP contribution in [-0.4, -0.2) is 51.2 Å². The van der Waals surface area contributed by atoms with Crippen molar-refractivity contribution in [3.63, 3.8) is 0 Å². The molecular weight excluding hydrogens is 469 g/mol. The van der Waals surface area contributed by atoms with Gasteiger partial charge in [0.25, 0.3) is 0 Å². The molecule has 0 radical (unpaired) electrons. The second-order valence-electron chi connectivity index (χ2n) is 8.06. The number of hydrogen-bond donors (Lipinski definition) is 2. The Hall–Kier alpha value is 0.0800. The lowest BCUT2D eigenvalue weighted by Gasteiger charge is -2.19. The molecule has 8 heteroatoms. The highest BCUT2D eigenvalue weighted by atomic mass is 32.2. The van der Waals surface area contributed by atoms with Gasteiger partial charge in [0, 0.05) is 53.1 Å². The lowest BCUT2D eigenvalue weighted by molar-refractivity contribution is -0.125. The van der Waals surface area contributed by atoms with E-state index in [9.17, 15) is 19.2 Å². The summed E-state index contributed by atoms with van der Waals surface area (Å²) in [6, 6.07) is 0. The van der Waals surface area contributed by atoms with Crippen LogP contribution in [0.5, 0.6) is 0 Å². The second kappa shape index (κ2) is 18.5. The van der Waals surface area contributed by atoms with Crippen LogP contribution in [0.25, 0.3) is 0 Å². The fourth-order valence-electron chi connectivity index (χ4n) is 3.21. The summed E-state index contributed by atoms with van der Waals surface area (Å²) in [4.78, 5) is 46.1. The van der Waals surface area contributed by atoms with Crippen molar-refractivity contribution in [2.75, 3.05) is 28.1 Å². The lowest BCUT2D eigenvalue weighted by Crippen LogP contribution is -2.21.